The molecule has 1 rings (SSSR count). The molecule has 1 heterocycles. The SMILES string of the molecule is Cc1nn(C)cc1C(C)(C)C(O)C(=O)O. The predicted octanol–water partition coefficient (Wildman–Crippen LogP) is 0.452. The molecule has 0 aliphatic rings. The van der Waals surface area contributed by atoms with Crippen LogP contribution in [0.2, 0.25) is 0 Å². The molecule has 0 radical (unpaired) electrons. The van der Waals surface area contributed by atoms with E-state index in [0.717, 1.165) is 11.3 Å². The fourth-order valence-corrected chi connectivity index (χ4v) is 1.69. The fourth-order valence-electron chi connectivity index (χ4n) is 1.69. The van der Waals surface area contributed by atoms with Gasteiger partial charge in [-0.25, -0.2) is 4.79 Å². The van der Waals surface area contributed by atoms with E-state index in [2.05, 4.69) is 5.10 Å². The number of carbonyl (C=O) groups is 1. The summed E-state index contributed by atoms with van der Waals surface area (Å²) in [4.78, 5) is 10.8. The lowest BCUT2D eigenvalue weighted by Gasteiger charge is -2.27. The van der Waals surface area contributed by atoms with Gasteiger partial charge in [-0.2, -0.15) is 5.10 Å². The molecule has 1 atom stereocenters. The molecule has 15 heavy (non-hydrogen) atoms. The topological polar surface area (TPSA) is 75.3 Å². The van der Waals surface area contributed by atoms with Crippen LogP contribution in [0.15, 0.2) is 6.20 Å². The molecule has 0 saturated heterocycles. The van der Waals surface area contributed by atoms with Gasteiger partial charge in [0.05, 0.1) is 5.69 Å². The van der Waals surface area contributed by atoms with Gasteiger partial charge in [0.25, 0.3) is 0 Å². The largest absolute Gasteiger partial charge is 0.479 e. The first-order chi connectivity index (χ1) is 6.76. The first kappa shape index (κ1) is 11.7. The van der Waals surface area contributed by atoms with Gasteiger partial charge in [0.1, 0.15) is 0 Å². The van der Waals surface area contributed by atoms with E-state index in [1.54, 1.807) is 38.7 Å². The molecule has 0 saturated carbocycles. The summed E-state index contributed by atoms with van der Waals surface area (Å²) in [5, 5.41) is 22.5. The minimum atomic E-state index is -1.43. The van der Waals surface area contributed by atoms with Crippen LogP contribution in [0.4, 0.5) is 0 Å². The molecule has 0 aromatic carbocycles. The van der Waals surface area contributed by atoms with E-state index in [1.807, 2.05) is 0 Å². The molecule has 1 aromatic heterocycles. The predicted molar refractivity (Wildman–Crippen MR) is 54.6 cm³/mol. The Kier molecular flexibility index (Phi) is 2.86. The first-order valence-electron chi connectivity index (χ1n) is 4.68. The van der Waals surface area contributed by atoms with Gasteiger partial charge >= 0.3 is 5.97 Å². The molecule has 0 fully saturated rings. The number of hydrogen-bond acceptors (Lipinski definition) is 3. The monoisotopic (exact) mass is 212 g/mol. The number of aromatic nitrogens is 2. The average molecular weight is 212 g/mol. The number of carboxylic acids is 1. The van der Waals surface area contributed by atoms with Gasteiger partial charge in [0.15, 0.2) is 6.10 Å². The number of carboxylic acid groups (broad SMARTS) is 1. The summed E-state index contributed by atoms with van der Waals surface area (Å²) in [5.41, 5.74) is 0.646. The number of aliphatic hydroxyl groups excluding tert-OH is 1. The Hall–Kier alpha value is -1.36. The summed E-state index contributed by atoms with van der Waals surface area (Å²) in [6, 6.07) is 0. The Morgan fingerprint density at radius 3 is 2.47 bits per heavy atom. The van der Waals surface area contributed by atoms with Crippen molar-refractivity contribution >= 4 is 5.97 Å². The van der Waals surface area contributed by atoms with Gasteiger partial charge in [-0.3, -0.25) is 4.68 Å². The van der Waals surface area contributed by atoms with Gasteiger partial charge in [0.2, 0.25) is 0 Å². The number of hydrogen-bond donors (Lipinski definition) is 2. The third kappa shape index (κ3) is 2.02. The molecule has 0 aliphatic heterocycles. The maximum atomic E-state index is 10.8. The lowest BCUT2D eigenvalue weighted by atomic mass is 9.79. The lowest BCUT2D eigenvalue weighted by Crippen LogP contribution is -2.40. The summed E-state index contributed by atoms with van der Waals surface area (Å²) in [6.07, 6.45) is 0.307. The maximum absolute atomic E-state index is 10.8. The average Bonchev–Trinajstić information content (AvgIpc) is 2.44. The zero-order valence-electron chi connectivity index (χ0n) is 9.35. The van der Waals surface area contributed by atoms with E-state index < -0.39 is 17.5 Å². The van der Waals surface area contributed by atoms with Gasteiger partial charge < -0.3 is 10.2 Å². The highest BCUT2D eigenvalue weighted by Crippen LogP contribution is 2.29. The second kappa shape index (κ2) is 3.66. The molecular formula is C10H16N2O3. The molecule has 0 amide bonds. The Morgan fingerprint density at radius 2 is 2.13 bits per heavy atom. The highest BCUT2D eigenvalue weighted by atomic mass is 16.4. The third-order valence-electron chi connectivity index (χ3n) is 2.63. The van der Waals surface area contributed by atoms with Crippen LogP contribution in [-0.4, -0.2) is 32.1 Å². The lowest BCUT2D eigenvalue weighted by molar-refractivity contribution is -0.150. The van der Waals surface area contributed by atoms with Crippen molar-refractivity contribution < 1.29 is 15.0 Å². The van der Waals surface area contributed by atoms with Crippen molar-refractivity contribution in [3.8, 4) is 0 Å². The molecule has 1 aromatic rings. The van der Waals surface area contributed by atoms with Crippen LogP contribution in [0, 0.1) is 6.92 Å². The minimum absolute atomic E-state index is 0.739. The Labute approximate surface area is 88.3 Å². The standard InChI is InChI=1S/C10H16N2O3/c1-6-7(5-12(4)11-6)10(2,3)8(13)9(14)15/h5,8,13H,1-4H3,(H,14,15). The Bertz CT molecular complexity index is 382. The molecule has 0 spiro atoms. The highest BCUT2D eigenvalue weighted by Gasteiger charge is 2.37. The van der Waals surface area contributed by atoms with E-state index in [0.29, 0.717) is 0 Å². The maximum Gasteiger partial charge on any atom is 0.333 e. The van der Waals surface area contributed by atoms with Crippen molar-refractivity contribution in [3.63, 3.8) is 0 Å². The Balaban J connectivity index is 3.15. The van der Waals surface area contributed by atoms with E-state index in [-0.39, 0.29) is 0 Å². The molecule has 5 heteroatoms. The highest BCUT2D eigenvalue weighted by molar-refractivity contribution is 5.74. The van der Waals surface area contributed by atoms with E-state index in [1.165, 1.54) is 0 Å². The molecule has 5 nitrogen and oxygen atoms in total. The van der Waals surface area contributed by atoms with Crippen LogP contribution in [0.5, 0.6) is 0 Å². The molecule has 1 unspecified atom stereocenters. The molecule has 2 N–H and O–H groups in total. The van der Waals surface area contributed by atoms with Crippen molar-refractivity contribution in [1.82, 2.24) is 9.78 Å². The summed E-state index contributed by atoms with van der Waals surface area (Å²) >= 11 is 0. The summed E-state index contributed by atoms with van der Waals surface area (Å²) in [5.74, 6) is -1.22. The molecule has 0 bridgehead atoms. The van der Waals surface area contributed by atoms with Crippen molar-refractivity contribution in [3.05, 3.63) is 17.5 Å². The number of nitrogens with zero attached hydrogens (tertiary/aromatic N) is 2. The van der Waals surface area contributed by atoms with Gasteiger partial charge in [0, 0.05) is 24.2 Å². The van der Waals surface area contributed by atoms with Gasteiger partial charge in [-0.1, -0.05) is 13.8 Å². The first-order valence-corrected chi connectivity index (χ1v) is 4.68. The van der Waals surface area contributed by atoms with Crippen LogP contribution < -0.4 is 0 Å². The van der Waals surface area contributed by atoms with Crippen molar-refractivity contribution in [2.75, 3.05) is 0 Å². The fraction of sp³-hybridized carbons (Fsp3) is 0.600. The normalized spacial score (nSPS) is 13.9. The van der Waals surface area contributed by atoms with Crippen molar-refractivity contribution in [1.29, 1.82) is 0 Å². The third-order valence-corrected chi connectivity index (χ3v) is 2.63. The number of aliphatic carboxylic acids is 1. The Morgan fingerprint density at radius 1 is 1.60 bits per heavy atom. The van der Waals surface area contributed by atoms with Crippen LogP contribution in [0.25, 0.3) is 0 Å². The van der Waals surface area contributed by atoms with E-state index in [9.17, 15) is 9.90 Å². The number of aryl methyl sites for hydroxylation is 2. The summed E-state index contributed by atoms with van der Waals surface area (Å²) in [6.45, 7) is 5.18. The van der Waals surface area contributed by atoms with E-state index >= 15 is 0 Å². The number of aliphatic hydroxyl groups is 1. The van der Waals surface area contributed by atoms with Crippen molar-refractivity contribution in [2.24, 2.45) is 7.05 Å². The van der Waals surface area contributed by atoms with Crippen LogP contribution in [-0.2, 0) is 17.3 Å². The van der Waals surface area contributed by atoms with Gasteiger partial charge in [-0.15, -0.1) is 0 Å². The zero-order chi connectivity index (χ0) is 11.8. The molecule has 0 aliphatic carbocycles. The number of rotatable bonds is 3. The van der Waals surface area contributed by atoms with Crippen LogP contribution >= 0.6 is 0 Å². The summed E-state index contributed by atoms with van der Waals surface area (Å²) < 4.78 is 1.61. The second-order valence-electron chi connectivity index (χ2n) is 4.26. The quantitative estimate of drug-likeness (QED) is 0.762. The van der Waals surface area contributed by atoms with E-state index in [4.69, 9.17) is 5.11 Å². The van der Waals surface area contributed by atoms with Gasteiger partial charge in [-0.05, 0) is 6.92 Å². The second-order valence-corrected chi connectivity index (χ2v) is 4.26. The molecule has 84 valence electrons. The van der Waals surface area contributed by atoms with Crippen LogP contribution in [0.1, 0.15) is 25.1 Å². The van der Waals surface area contributed by atoms with Crippen LogP contribution in [0.3, 0.4) is 0 Å². The molecular weight excluding hydrogens is 196 g/mol. The van der Waals surface area contributed by atoms with Crippen molar-refractivity contribution in [2.45, 2.75) is 32.3 Å². The summed E-state index contributed by atoms with van der Waals surface area (Å²) in [7, 11) is 1.76. The smallest absolute Gasteiger partial charge is 0.333 e. The zero-order valence-corrected chi connectivity index (χ0v) is 9.35. The minimum Gasteiger partial charge on any atom is -0.479 e.